The second-order valence-electron chi connectivity index (χ2n) is 6.90. The zero-order chi connectivity index (χ0) is 21.0. The molecule has 6 nitrogen and oxygen atoms in total. The summed E-state index contributed by atoms with van der Waals surface area (Å²) in [5.41, 5.74) is 3.58. The maximum atomic E-state index is 12.9. The number of aromatic nitrogens is 2. The highest BCUT2D eigenvalue weighted by Crippen LogP contribution is 2.21. The molecule has 0 bridgehead atoms. The summed E-state index contributed by atoms with van der Waals surface area (Å²) >= 11 is 6.21. The maximum absolute atomic E-state index is 12.9. The van der Waals surface area contributed by atoms with Crippen LogP contribution in [0, 0.1) is 13.8 Å². The number of carbonyl (C=O) groups is 2. The average Bonchev–Trinajstić information content (AvgIpc) is 2.97. The molecule has 1 heterocycles. The summed E-state index contributed by atoms with van der Waals surface area (Å²) in [4.78, 5) is 25.8. The number of halogens is 1. The number of hydrogen-bond acceptors (Lipinski definition) is 3. The molecule has 0 aliphatic rings. The van der Waals surface area contributed by atoms with Crippen LogP contribution in [0.25, 0.3) is 0 Å². The Balaban J connectivity index is 1.80. The van der Waals surface area contributed by atoms with Gasteiger partial charge < -0.3 is 10.6 Å². The van der Waals surface area contributed by atoms with E-state index in [-0.39, 0.29) is 16.6 Å². The van der Waals surface area contributed by atoms with Crippen LogP contribution in [0.2, 0.25) is 5.15 Å². The van der Waals surface area contributed by atoms with Crippen molar-refractivity contribution in [2.24, 2.45) is 7.05 Å². The van der Waals surface area contributed by atoms with Gasteiger partial charge in [-0.05, 0) is 25.0 Å². The zero-order valence-electron chi connectivity index (χ0n) is 16.6. The number of nitrogens with one attached hydrogen (secondary N) is 2. The molecule has 1 atom stereocenters. The second-order valence-corrected chi connectivity index (χ2v) is 7.25. The van der Waals surface area contributed by atoms with E-state index < -0.39 is 11.9 Å². The second kappa shape index (κ2) is 8.92. The Labute approximate surface area is 174 Å². The highest BCUT2D eigenvalue weighted by Gasteiger charge is 2.26. The van der Waals surface area contributed by atoms with E-state index in [4.69, 9.17) is 11.6 Å². The Bertz CT molecular complexity index is 1010. The van der Waals surface area contributed by atoms with E-state index in [1.807, 2.05) is 49.4 Å². The van der Waals surface area contributed by atoms with Crippen molar-refractivity contribution in [2.75, 3.05) is 0 Å². The summed E-state index contributed by atoms with van der Waals surface area (Å²) in [5, 5.41) is 10.1. The third-order valence-corrected chi connectivity index (χ3v) is 5.07. The standard InChI is InChI=1S/C22H23ClN4O2/c1-14-9-11-16(12-10-14)13-24-22(29)19(17-7-5-4-6-8-17)25-21(28)18-15(2)26-27(3)20(18)23/h4-12,19H,13H2,1-3H3,(H,24,29)(H,25,28). The highest BCUT2D eigenvalue weighted by molar-refractivity contribution is 6.33. The van der Waals surface area contributed by atoms with Gasteiger partial charge in [0.25, 0.3) is 5.91 Å². The lowest BCUT2D eigenvalue weighted by Gasteiger charge is -2.19. The molecule has 2 amide bonds. The number of amides is 2. The lowest BCUT2D eigenvalue weighted by molar-refractivity contribution is -0.123. The Morgan fingerprint density at radius 2 is 1.72 bits per heavy atom. The van der Waals surface area contributed by atoms with Gasteiger partial charge in [0.15, 0.2) is 0 Å². The van der Waals surface area contributed by atoms with Crippen molar-refractivity contribution >= 4 is 23.4 Å². The van der Waals surface area contributed by atoms with Crippen LogP contribution < -0.4 is 10.6 Å². The fraction of sp³-hybridized carbons (Fsp3) is 0.227. The monoisotopic (exact) mass is 410 g/mol. The average molecular weight is 411 g/mol. The molecule has 2 N–H and O–H groups in total. The van der Waals surface area contributed by atoms with Gasteiger partial charge in [-0.25, -0.2) is 0 Å². The lowest BCUT2D eigenvalue weighted by Crippen LogP contribution is -2.40. The van der Waals surface area contributed by atoms with Crippen molar-refractivity contribution in [1.82, 2.24) is 20.4 Å². The first-order chi connectivity index (χ1) is 13.9. The number of aryl methyl sites for hydroxylation is 3. The SMILES string of the molecule is Cc1ccc(CNC(=O)C(NC(=O)c2c(C)nn(C)c2Cl)c2ccccc2)cc1. The van der Waals surface area contributed by atoms with Crippen molar-refractivity contribution in [1.29, 1.82) is 0 Å². The van der Waals surface area contributed by atoms with E-state index in [1.165, 1.54) is 4.68 Å². The van der Waals surface area contributed by atoms with Crippen LogP contribution in [0.1, 0.15) is 38.8 Å². The smallest absolute Gasteiger partial charge is 0.257 e. The molecule has 1 unspecified atom stereocenters. The molecule has 0 aliphatic heterocycles. The summed E-state index contributed by atoms with van der Waals surface area (Å²) in [6.07, 6.45) is 0. The van der Waals surface area contributed by atoms with E-state index >= 15 is 0 Å². The van der Waals surface area contributed by atoms with E-state index in [0.29, 0.717) is 17.8 Å². The molecule has 0 saturated heterocycles. The van der Waals surface area contributed by atoms with Gasteiger partial charge in [0, 0.05) is 13.6 Å². The first-order valence-corrected chi connectivity index (χ1v) is 9.62. The van der Waals surface area contributed by atoms with E-state index in [1.54, 1.807) is 26.1 Å². The summed E-state index contributed by atoms with van der Waals surface area (Å²) < 4.78 is 1.43. The van der Waals surface area contributed by atoms with Crippen LogP contribution in [0.4, 0.5) is 0 Å². The Hall–Kier alpha value is -3.12. The molecule has 0 aliphatic carbocycles. The lowest BCUT2D eigenvalue weighted by atomic mass is 10.1. The van der Waals surface area contributed by atoms with Gasteiger partial charge in [0.1, 0.15) is 11.2 Å². The van der Waals surface area contributed by atoms with Crippen molar-refractivity contribution in [3.8, 4) is 0 Å². The van der Waals surface area contributed by atoms with Gasteiger partial charge in [-0.1, -0.05) is 71.8 Å². The Kier molecular flexibility index (Phi) is 6.34. The molecule has 0 spiro atoms. The summed E-state index contributed by atoms with van der Waals surface area (Å²) in [5.74, 6) is -0.747. The highest BCUT2D eigenvalue weighted by atomic mass is 35.5. The van der Waals surface area contributed by atoms with Gasteiger partial charge in [-0.15, -0.1) is 0 Å². The predicted octanol–water partition coefficient (Wildman–Crippen LogP) is 3.48. The van der Waals surface area contributed by atoms with Crippen molar-refractivity contribution in [2.45, 2.75) is 26.4 Å². The summed E-state index contributed by atoms with van der Waals surface area (Å²) in [7, 11) is 1.66. The quantitative estimate of drug-likeness (QED) is 0.653. The van der Waals surface area contributed by atoms with Gasteiger partial charge in [-0.2, -0.15) is 5.10 Å². The zero-order valence-corrected chi connectivity index (χ0v) is 17.3. The predicted molar refractivity (Wildman–Crippen MR) is 113 cm³/mol. The van der Waals surface area contributed by atoms with E-state index in [9.17, 15) is 9.59 Å². The molecule has 0 fully saturated rings. The molecule has 0 saturated carbocycles. The maximum Gasteiger partial charge on any atom is 0.257 e. The molecule has 3 aromatic rings. The molecule has 7 heteroatoms. The molecular weight excluding hydrogens is 388 g/mol. The van der Waals surface area contributed by atoms with Crippen LogP contribution in [0.15, 0.2) is 54.6 Å². The first-order valence-electron chi connectivity index (χ1n) is 9.25. The third kappa shape index (κ3) is 4.84. The van der Waals surface area contributed by atoms with Crippen molar-refractivity contribution < 1.29 is 9.59 Å². The Morgan fingerprint density at radius 1 is 1.07 bits per heavy atom. The van der Waals surface area contributed by atoms with Crippen molar-refractivity contribution in [3.05, 3.63) is 87.7 Å². The van der Waals surface area contributed by atoms with E-state index in [0.717, 1.165) is 11.1 Å². The number of carbonyl (C=O) groups excluding carboxylic acids is 2. The number of benzene rings is 2. The van der Waals surface area contributed by atoms with E-state index in [2.05, 4.69) is 15.7 Å². The van der Waals surface area contributed by atoms with Gasteiger partial charge in [-0.3, -0.25) is 14.3 Å². The topological polar surface area (TPSA) is 76.0 Å². The fourth-order valence-corrected chi connectivity index (χ4v) is 3.29. The minimum atomic E-state index is -0.857. The molecule has 150 valence electrons. The van der Waals surface area contributed by atoms with Crippen molar-refractivity contribution in [3.63, 3.8) is 0 Å². The van der Waals surface area contributed by atoms with Crippen LogP contribution in [0.5, 0.6) is 0 Å². The van der Waals surface area contributed by atoms with Crippen LogP contribution in [-0.4, -0.2) is 21.6 Å². The number of hydrogen-bond donors (Lipinski definition) is 2. The van der Waals surface area contributed by atoms with Gasteiger partial charge in [0.05, 0.1) is 11.3 Å². The summed E-state index contributed by atoms with van der Waals surface area (Å²) in [6, 6.07) is 16.2. The molecule has 2 aromatic carbocycles. The first kappa shape index (κ1) is 20.6. The molecule has 1 aromatic heterocycles. The number of nitrogens with zero attached hydrogens (tertiary/aromatic N) is 2. The largest absolute Gasteiger partial charge is 0.350 e. The van der Waals surface area contributed by atoms with Crippen LogP contribution >= 0.6 is 11.6 Å². The van der Waals surface area contributed by atoms with Crippen LogP contribution in [0.3, 0.4) is 0 Å². The van der Waals surface area contributed by atoms with Gasteiger partial charge >= 0.3 is 0 Å². The fourth-order valence-electron chi connectivity index (χ4n) is 3.03. The number of rotatable bonds is 6. The van der Waals surface area contributed by atoms with Gasteiger partial charge in [0.2, 0.25) is 5.91 Å². The minimum absolute atomic E-state index is 0.229. The molecular formula is C22H23ClN4O2. The molecule has 3 rings (SSSR count). The third-order valence-electron chi connectivity index (χ3n) is 4.64. The minimum Gasteiger partial charge on any atom is -0.350 e. The van der Waals surface area contributed by atoms with Crippen LogP contribution in [-0.2, 0) is 18.4 Å². The molecule has 29 heavy (non-hydrogen) atoms. The summed E-state index contributed by atoms with van der Waals surface area (Å²) in [6.45, 7) is 4.08. The normalized spacial score (nSPS) is 11.7. The molecule has 0 radical (unpaired) electrons. The Morgan fingerprint density at radius 3 is 2.31 bits per heavy atom.